The first-order valence-corrected chi connectivity index (χ1v) is 3.93. The second kappa shape index (κ2) is 2.85. The number of phenolic OH excluding ortho intramolecular Hbond substituents is 1. The fraction of sp³-hybridized carbons (Fsp3) is 0. The van der Waals surface area contributed by atoms with Crippen LogP contribution >= 0.6 is 0 Å². The molecule has 0 heterocycles. The van der Waals surface area contributed by atoms with Gasteiger partial charge in [-0.3, -0.25) is 0 Å². The highest BCUT2D eigenvalue weighted by atomic mass is 16.3. The molecule has 1 aliphatic carbocycles. The number of phenols is 1. The lowest BCUT2D eigenvalue weighted by atomic mass is 10.1. The first-order valence-electron chi connectivity index (χ1n) is 3.93. The molecule has 1 aromatic carbocycles. The Kier molecular flexibility index (Phi) is 1.69. The van der Waals surface area contributed by atoms with Crippen molar-refractivity contribution in [2.24, 2.45) is 0 Å². The van der Waals surface area contributed by atoms with Crippen LogP contribution in [-0.4, -0.2) is 10.2 Å². The summed E-state index contributed by atoms with van der Waals surface area (Å²) in [6.45, 7) is 0. The van der Waals surface area contributed by atoms with E-state index >= 15 is 0 Å². The summed E-state index contributed by atoms with van der Waals surface area (Å²) in [5.74, 6) is 0.377. The van der Waals surface area contributed by atoms with E-state index in [2.05, 4.69) is 5.73 Å². The average molecular weight is 172 g/mol. The van der Waals surface area contributed by atoms with E-state index in [-0.39, 0.29) is 11.5 Å². The SMILES string of the molecule is OC1=C=C(c2ccc(O)cc2)C=C1. The van der Waals surface area contributed by atoms with Gasteiger partial charge in [0, 0.05) is 5.57 Å². The molecule has 0 saturated carbocycles. The van der Waals surface area contributed by atoms with Gasteiger partial charge in [0.15, 0.2) is 5.76 Å². The van der Waals surface area contributed by atoms with Crippen molar-refractivity contribution in [2.45, 2.75) is 0 Å². The molecular formula is C11H8O2. The summed E-state index contributed by atoms with van der Waals surface area (Å²) in [6.07, 6.45) is 3.36. The molecule has 0 bridgehead atoms. The van der Waals surface area contributed by atoms with Crippen molar-refractivity contribution in [2.75, 3.05) is 0 Å². The van der Waals surface area contributed by atoms with Gasteiger partial charge in [-0.2, -0.15) is 0 Å². The topological polar surface area (TPSA) is 40.5 Å². The highest BCUT2D eigenvalue weighted by Crippen LogP contribution is 2.21. The van der Waals surface area contributed by atoms with Crippen molar-refractivity contribution in [3.05, 3.63) is 53.5 Å². The molecule has 1 aliphatic rings. The maximum Gasteiger partial charge on any atom is 0.159 e. The number of aliphatic hydroxyl groups excluding tert-OH is 1. The Morgan fingerprint density at radius 3 is 2.15 bits per heavy atom. The van der Waals surface area contributed by atoms with E-state index in [1.54, 1.807) is 36.4 Å². The van der Waals surface area contributed by atoms with E-state index in [1.165, 1.54) is 0 Å². The largest absolute Gasteiger partial charge is 0.508 e. The van der Waals surface area contributed by atoms with E-state index < -0.39 is 0 Å². The highest BCUT2D eigenvalue weighted by molar-refractivity contribution is 5.76. The zero-order chi connectivity index (χ0) is 9.26. The minimum atomic E-state index is 0.142. The van der Waals surface area contributed by atoms with Gasteiger partial charge < -0.3 is 10.2 Å². The zero-order valence-electron chi connectivity index (χ0n) is 6.86. The van der Waals surface area contributed by atoms with Crippen LogP contribution in [0, 0.1) is 0 Å². The number of aromatic hydroxyl groups is 1. The third-order valence-corrected chi connectivity index (χ3v) is 1.85. The lowest BCUT2D eigenvalue weighted by Crippen LogP contribution is -1.76. The van der Waals surface area contributed by atoms with Crippen LogP contribution in [0.2, 0.25) is 0 Å². The fourth-order valence-electron chi connectivity index (χ4n) is 1.19. The van der Waals surface area contributed by atoms with Crippen LogP contribution in [0.25, 0.3) is 5.57 Å². The Morgan fingerprint density at radius 1 is 0.923 bits per heavy atom. The standard InChI is InChI=1S/C11H8O2/c12-10-4-1-8(2-5-10)9-3-6-11(13)7-9/h1-6,12-13H. The van der Waals surface area contributed by atoms with E-state index in [4.69, 9.17) is 10.2 Å². The molecule has 0 aliphatic heterocycles. The minimum Gasteiger partial charge on any atom is -0.508 e. The van der Waals surface area contributed by atoms with Crippen molar-refractivity contribution in [3.8, 4) is 5.75 Å². The second-order valence-electron chi connectivity index (χ2n) is 2.80. The van der Waals surface area contributed by atoms with Crippen LogP contribution in [0.5, 0.6) is 5.75 Å². The van der Waals surface area contributed by atoms with Crippen molar-refractivity contribution in [1.82, 2.24) is 0 Å². The summed E-state index contributed by atoms with van der Waals surface area (Å²) in [5, 5.41) is 18.1. The van der Waals surface area contributed by atoms with Crippen LogP contribution in [-0.2, 0) is 0 Å². The third kappa shape index (κ3) is 1.48. The summed E-state index contributed by atoms with van der Waals surface area (Å²) in [5.41, 5.74) is 4.55. The van der Waals surface area contributed by atoms with E-state index in [0.29, 0.717) is 0 Å². The Balaban J connectivity index is 2.44. The number of rotatable bonds is 1. The van der Waals surface area contributed by atoms with Crippen molar-refractivity contribution in [1.29, 1.82) is 0 Å². The predicted octanol–water partition coefficient (Wildman–Crippen LogP) is 2.39. The maximum atomic E-state index is 9.06. The summed E-state index contributed by atoms with van der Waals surface area (Å²) in [6, 6.07) is 6.77. The summed E-state index contributed by atoms with van der Waals surface area (Å²) in [7, 11) is 0. The van der Waals surface area contributed by atoms with Gasteiger partial charge in [-0.15, -0.1) is 0 Å². The smallest absolute Gasteiger partial charge is 0.159 e. The number of hydrogen-bond donors (Lipinski definition) is 2. The molecule has 2 heteroatoms. The molecule has 0 radical (unpaired) electrons. The predicted molar refractivity (Wildman–Crippen MR) is 50.3 cm³/mol. The highest BCUT2D eigenvalue weighted by Gasteiger charge is 2.02. The molecule has 2 rings (SSSR count). The van der Waals surface area contributed by atoms with Crippen LogP contribution in [0.3, 0.4) is 0 Å². The molecule has 0 amide bonds. The fourth-order valence-corrected chi connectivity index (χ4v) is 1.19. The molecule has 13 heavy (non-hydrogen) atoms. The van der Waals surface area contributed by atoms with Gasteiger partial charge in [-0.05, 0) is 29.8 Å². The average Bonchev–Trinajstić information content (AvgIpc) is 2.53. The second-order valence-corrected chi connectivity index (χ2v) is 2.80. The van der Waals surface area contributed by atoms with Gasteiger partial charge >= 0.3 is 0 Å². The lowest BCUT2D eigenvalue weighted by molar-refractivity contribution is 0.435. The van der Waals surface area contributed by atoms with Crippen molar-refractivity contribution in [3.63, 3.8) is 0 Å². The zero-order valence-corrected chi connectivity index (χ0v) is 6.86. The Bertz CT molecular complexity index is 418. The van der Waals surface area contributed by atoms with Gasteiger partial charge in [0.05, 0.1) is 0 Å². The molecule has 64 valence electrons. The number of aliphatic hydroxyl groups is 1. The van der Waals surface area contributed by atoms with Crippen molar-refractivity contribution < 1.29 is 10.2 Å². The van der Waals surface area contributed by atoms with E-state index in [0.717, 1.165) is 11.1 Å². The normalized spacial score (nSPS) is 14.2. The van der Waals surface area contributed by atoms with Gasteiger partial charge in [0.25, 0.3) is 0 Å². The number of benzene rings is 1. The van der Waals surface area contributed by atoms with E-state index in [9.17, 15) is 0 Å². The van der Waals surface area contributed by atoms with Crippen LogP contribution in [0.15, 0.2) is 47.9 Å². The maximum absolute atomic E-state index is 9.06. The minimum absolute atomic E-state index is 0.142. The molecule has 1 aromatic rings. The van der Waals surface area contributed by atoms with Crippen molar-refractivity contribution >= 4 is 5.57 Å². The van der Waals surface area contributed by atoms with Crippen LogP contribution < -0.4 is 0 Å². The summed E-state index contributed by atoms with van der Waals surface area (Å²) >= 11 is 0. The number of allylic oxidation sites excluding steroid dienone is 2. The van der Waals surface area contributed by atoms with Gasteiger partial charge in [-0.25, -0.2) is 0 Å². The molecule has 0 saturated heterocycles. The lowest BCUT2D eigenvalue weighted by Gasteiger charge is -1.97. The first-order chi connectivity index (χ1) is 6.25. The molecule has 0 atom stereocenters. The monoisotopic (exact) mass is 172 g/mol. The molecule has 0 aromatic heterocycles. The third-order valence-electron chi connectivity index (χ3n) is 1.85. The Hall–Kier alpha value is -1.92. The molecule has 0 fully saturated rings. The molecule has 0 spiro atoms. The van der Waals surface area contributed by atoms with Gasteiger partial charge in [0.2, 0.25) is 0 Å². The summed E-state index contributed by atoms with van der Waals surface area (Å²) in [4.78, 5) is 0. The molecular weight excluding hydrogens is 164 g/mol. The Morgan fingerprint density at radius 2 is 1.62 bits per heavy atom. The van der Waals surface area contributed by atoms with Crippen LogP contribution in [0.1, 0.15) is 5.56 Å². The van der Waals surface area contributed by atoms with E-state index in [1.807, 2.05) is 0 Å². The summed E-state index contributed by atoms with van der Waals surface area (Å²) < 4.78 is 0. The molecule has 2 N–H and O–H groups in total. The quantitative estimate of drug-likeness (QED) is 0.638. The molecule has 0 unspecified atom stereocenters. The van der Waals surface area contributed by atoms with Gasteiger partial charge in [0.1, 0.15) is 5.75 Å². The van der Waals surface area contributed by atoms with Crippen LogP contribution in [0.4, 0.5) is 0 Å². The molecule has 2 nitrogen and oxygen atoms in total. The first kappa shape index (κ1) is 7.71. The van der Waals surface area contributed by atoms with Gasteiger partial charge in [-0.1, -0.05) is 17.9 Å². The Labute approximate surface area is 75.8 Å². The number of hydrogen-bond acceptors (Lipinski definition) is 2.